The number of aliphatic carboxylic acids is 1. The summed E-state index contributed by atoms with van der Waals surface area (Å²) in [4.78, 5) is 44.9. The molecule has 0 radical (unpaired) electrons. The van der Waals surface area contributed by atoms with Crippen LogP contribution in [-0.4, -0.2) is 70.1 Å². The summed E-state index contributed by atoms with van der Waals surface area (Å²) in [5, 5.41) is 15.5. The van der Waals surface area contributed by atoms with Crippen LogP contribution in [0.15, 0.2) is 34.8 Å². The van der Waals surface area contributed by atoms with Crippen LogP contribution in [-0.2, 0) is 20.8 Å². The highest BCUT2D eigenvalue weighted by atomic mass is 32.1. The molecule has 2 amide bonds. The number of piperidine rings is 2. The Labute approximate surface area is 226 Å². The minimum atomic E-state index is -5.08. The van der Waals surface area contributed by atoms with Crippen molar-refractivity contribution in [2.24, 2.45) is 5.41 Å². The van der Waals surface area contributed by atoms with Crippen LogP contribution < -0.4 is 10.6 Å². The molecule has 5 heterocycles. The standard InChI is InChI=1S/C24H27N5O2S.C2HF3O2/c30-21(29-9-3-17(4-10-29)12-20-15-32-16-27-20)2-1-18-11-19-13-24(5-7-25-8-6-24)23(31)28-22(19)26-14-18;3-2(4,5)1(6)7/h1-2,11-12,14-16,25H,3-10,13H2,(H,26,28,31);(H,6,7)/b2-1+;. The third-order valence-electron chi connectivity index (χ3n) is 6.97. The van der Waals surface area contributed by atoms with Crippen LogP contribution in [0.1, 0.15) is 42.5 Å². The molecule has 2 fully saturated rings. The van der Waals surface area contributed by atoms with Gasteiger partial charge in [0.05, 0.1) is 16.6 Å². The second-order valence-electron chi connectivity index (χ2n) is 9.62. The number of carbonyl (C=O) groups excluding carboxylic acids is 2. The first kappa shape index (κ1) is 28.4. The topological polar surface area (TPSA) is 125 Å². The Hall–Kier alpha value is -3.58. The second-order valence-corrected chi connectivity index (χ2v) is 10.3. The number of carboxylic acids is 1. The van der Waals surface area contributed by atoms with E-state index in [-0.39, 0.29) is 17.2 Å². The summed E-state index contributed by atoms with van der Waals surface area (Å²) in [5.74, 6) is -1.99. The second kappa shape index (κ2) is 12.1. The maximum atomic E-state index is 12.7. The number of nitrogens with one attached hydrogen (secondary N) is 2. The van der Waals surface area contributed by atoms with Gasteiger partial charge in [-0.15, -0.1) is 11.3 Å². The van der Waals surface area contributed by atoms with E-state index in [4.69, 9.17) is 9.90 Å². The molecule has 0 saturated carbocycles. The lowest BCUT2D eigenvalue weighted by Crippen LogP contribution is -2.48. The van der Waals surface area contributed by atoms with Crippen molar-refractivity contribution >= 4 is 47.1 Å². The van der Waals surface area contributed by atoms with Gasteiger partial charge in [-0.25, -0.2) is 14.8 Å². The van der Waals surface area contributed by atoms with Crippen molar-refractivity contribution in [3.05, 3.63) is 51.6 Å². The number of rotatable bonds is 3. The predicted octanol–water partition coefficient (Wildman–Crippen LogP) is 3.76. The van der Waals surface area contributed by atoms with E-state index in [9.17, 15) is 22.8 Å². The van der Waals surface area contributed by atoms with Crippen molar-refractivity contribution in [3.63, 3.8) is 0 Å². The van der Waals surface area contributed by atoms with E-state index in [0.29, 0.717) is 12.2 Å². The van der Waals surface area contributed by atoms with E-state index >= 15 is 0 Å². The number of nitrogens with zero attached hydrogens (tertiary/aromatic N) is 3. The molecular weight excluding hydrogens is 535 g/mol. The normalized spacial score (nSPS) is 18.7. The molecule has 13 heteroatoms. The number of thiazole rings is 1. The highest BCUT2D eigenvalue weighted by Crippen LogP contribution is 2.39. The van der Waals surface area contributed by atoms with Gasteiger partial charge in [-0.3, -0.25) is 9.59 Å². The number of anilines is 1. The monoisotopic (exact) mass is 563 g/mol. The summed E-state index contributed by atoms with van der Waals surface area (Å²) < 4.78 is 31.7. The minimum Gasteiger partial charge on any atom is -0.475 e. The molecule has 3 aliphatic heterocycles. The summed E-state index contributed by atoms with van der Waals surface area (Å²) in [7, 11) is 0. The first-order valence-corrected chi connectivity index (χ1v) is 13.4. The van der Waals surface area contributed by atoms with Crippen LogP contribution in [0.2, 0.25) is 0 Å². The van der Waals surface area contributed by atoms with Crippen molar-refractivity contribution in [1.29, 1.82) is 0 Å². The molecule has 0 aliphatic carbocycles. The van der Waals surface area contributed by atoms with Crippen LogP contribution in [0.5, 0.6) is 0 Å². The molecule has 1 spiro atoms. The molecule has 0 aromatic carbocycles. The molecule has 2 aromatic heterocycles. The molecule has 2 aromatic rings. The zero-order valence-electron chi connectivity index (χ0n) is 21.0. The molecule has 9 nitrogen and oxygen atoms in total. The number of fused-ring (bicyclic) bond motifs is 1. The fraction of sp³-hybridized carbons (Fsp3) is 0.423. The van der Waals surface area contributed by atoms with Gasteiger partial charge in [-0.05, 0) is 74.5 Å². The molecule has 3 N–H and O–H groups in total. The third kappa shape index (κ3) is 7.30. The highest BCUT2D eigenvalue weighted by molar-refractivity contribution is 7.07. The van der Waals surface area contributed by atoms with E-state index in [1.54, 1.807) is 23.6 Å². The van der Waals surface area contributed by atoms with E-state index in [0.717, 1.165) is 68.7 Å². The molecular formula is C26H28F3N5O4S. The van der Waals surface area contributed by atoms with Crippen LogP contribution in [0.25, 0.3) is 12.2 Å². The lowest BCUT2D eigenvalue weighted by molar-refractivity contribution is -0.192. The van der Waals surface area contributed by atoms with Crippen molar-refractivity contribution in [1.82, 2.24) is 20.2 Å². The fourth-order valence-electron chi connectivity index (χ4n) is 4.80. The zero-order chi connectivity index (χ0) is 28.0. The average Bonchev–Trinajstić information content (AvgIpc) is 3.42. The molecule has 3 aliphatic rings. The van der Waals surface area contributed by atoms with Crippen LogP contribution in [0, 0.1) is 5.41 Å². The zero-order valence-corrected chi connectivity index (χ0v) is 21.8. The SMILES string of the molecule is O=C(/C=C/c1cnc2c(c1)CC1(CCNCC1)C(=O)N2)N1CCC(=Cc2cscn2)CC1.O=C(O)C(F)(F)F. The Morgan fingerprint density at radius 1 is 1.15 bits per heavy atom. The Morgan fingerprint density at radius 3 is 2.46 bits per heavy atom. The number of hydrogen-bond acceptors (Lipinski definition) is 7. The molecule has 5 rings (SSSR count). The van der Waals surface area contributed by atoms with Crippen LogP contribution in [0.4, 0.5) is 19.0 Å². The van der Waals surface area contributed by atoms with Crippen molar-refractivity contribution in [2.45, 2.75) is 38.3 Å². The molecule has 0 unspecified atom stereocenters. The Bertz CT molecular complexity index is 1260. The average molecular weight is 564 g/mol. The van der Waals surface area contributed by atoms with E-state index in [2.05, 4.69) is 32.7 Å². The lowest BCUT2D eigenvalue weighted by atomic mass is 9.71. The van der Waals surface area contributed by atoms with Gasteiger partial charge in [-0.1, -0.05) is 5.57 Å². The Kier molecular flexibility index (Phi) is 8.80. The number of hydrogen-bond donors (Lipinski definition) is 3. The maximum absolute atomic E-state index is 12.7. The van der Waals surface area contributed by atoms with E-state index < -0.39 is 12.1 Å². The first-order valence-electron chi connectivity index (χ1n) is 12.4. The maximum Gasteiger partial charge on any atom is 0.490 e. The summed E-state index contributed by atoms with van der Waals surface area (Å²) in [5.41, 5.74) is 5.79. The number of alkyl halides is 3. The number of aromatic nitrogens is 2. The number of carbonyl (C=O) groups is 3. The summed E-state index contributed by atoms with van der Waals surface area (Å²) in [6.07, 6.45) is 6.40. The third-order valence-corrected chi connectivity index (χ3v) is 7.58. The van der Waals surface area contributed by atoms with Gasteiger partial charge in [0.25, 0.3) is 0 Å². The van der Waals surface area contributed by atoms with Gasteiger partial charge in [0.1, 0.15) is 5.82 Å². The molecule has 2 saturated heterocycles. The van der Waals surface area contributed by atoms with Crippen molar-refractivity contribution < 1.29 is 32.7 Å². The van der Waals surface area contributed by atoms with E-state index in [1.165, 1.54) is 5.57 Å². The number of amides is 2. The van der Waals surface area contributed by atoms with Gasteiger partial charge in [0, 0.05) is 30.7 Å². The molecule has 0 bridgehead atoms. The van der Waals surface area contributed by atoms with Crippen LogP contribution in [0.3, 0.4) is 0 Å². The highest BCUT2D eigenvalue weighted by Gasteiger charge is 2.43. The lowest BCUT2D eigenvalue weighted by Gasteiger charge is -2.39. The van der Waals surface area contributed by atoms with Crippen LogP contribution >= 0.6 is 11.3 Å². The quantitative estimate of drug-likeness (QED) is 0.486. The predicted molar refractivity (Wildman–Crippen MR) is 140 cm³/mol. The largest absolute Gasteiger partial charge is 0.490 e. The minimum absolute atomic E-state index is 0.0264. The number of pyridine rings is 1. The van der Waals surface area contributed by atoms with Gasteiger partial charge < -0.3 is 20.6 Å². The van der Waals surface area contributed by atoms with Gasteiger partial charge in [-0.2, -0.15) is 13.2 Å². The summed E-state index contributed by atoms with van der Waals surface area (Å²) >= 11 is 1.60. The Morgan fingerprint density at radius 2 is 1.85 bits per heavy atom. The summed E-state index contributed by atoms with van der Waals surface area (Å²) in [6, 6.07) is 2.06. The fourth-order valence-corrected chi connectivity index (χ4v) is 5.31. The van der Waals surface area contributed by atoms with Crippen molar-refractivity contribution in [3.8, 4) is 0 Å². The molecule has 0 atom stereocenters. The molecule has 39 heavy (non-hydrogen) atoms. The number of carboxylic acid groups (broad SMARTS) is 1. The molecule has 208 valence electrons. The smallest absolute Gasteiger partial charge is 0.475 e. The summed E-state index contributed by atoms with van der Waals surface area (Å²) in [6.45, 7) is 3.18. The van der Waals surface area contributed by atoms with Crippen molar-refractivity contribution in [2.75, 3.05) is 31.5 Å². The number of halogens is 3. The van der Waals surface area contributed by atoms with Gasteiger partial charge in [0.15, 0.2) is 0 Å². The van der Waals surface area contributed by atoms with Gasteiger partial charge in [0.2, 0.25) is 11.8 Å². The van der Waals surface area contributed by atoms with Gasteiger partial charge >= 0.3 is 12.1 Å². The number of likely N-dealkylation sites (tertiary alicyclic amines) is 1. The van der Waals surface area contributed by atoms with E-state index in [1.807, 2.05) is 21.9 Å². The first-order chi connectivity index (χ1) is 18.6. The Balaban J connectivity index is 0.000000448.